The van der Waals surface area contributed by atoms with E-state index in [9.17, 15) is 9.18 Å². The molecule has 0 saturated carbocycles. The summed E-state index contributed by atoms with van der Waals surface area (Å²) < 4.78 is 14.1. The van der Waals surface area contributed by atoms with Gasteiger partial charge in [-0.1, -0.05) is 29.8 Å². The normalized spacial score (nSPS) is 11.6. The molecule has 0 bridgehead atoms. The monoisotopic (exact) mass is 287 g/mol. The van der Waals surface area contributed by atoms with E-state index in [1.54, 1.807) is 6.07 Å². The first-order chi connectivity index (χ1) is 7.35. The molecule has 0 aliphatic rings. The molecule has 1 aromatic rings. The van der Waals surface area contributed by atoms with Crippen LogP contribution in [-0.2, 0) is 0 Å². The van der Waals surface area contributed by atoms with E-state index in [0.29, 0.717) is 11.0 Å². The Kier molecular flexibility index (Phi) is 4.21. The Morgan fingerprint density at radius 1 is 1.50 bits per heavy atom. The van der Waals surface area contributed by atoms with E-state index in [-0.39, 0.29) is 23.2 Å². The Labute approximate surface area is 103 Å². The van der Waals surface area contributed by atoms with E-state index in [1.807, 2.05) is 13.8 Å². The molecular weight excluding hydrogens is 273 g/mol. The lowest BCUT2D eigenvalue weighted by atomic mass is 9.85. The molecular formula is C12H15BrFNO. The fourth-order valence-electron chi connectivity index (χ4n) is 1.31. The highest BCUT2D eigenvalue weighted by Crippen LogP contribution is 2.24. The lowest BCUT2D eigenvalue weighted by Gasteiger charge is -2.21. The number of carbonyl (C=O) groups excluding carboxylic acids is 1. The van der Waals surface area contributed by atoms with E-state index < -0.39 is 5.82 Å². The van der Waals surface area contributed by atoms with Gasteiger partial charge < -0.3 is 5.73 Å². The van der Waals surface area contributed by atoms with E-state index in [2.05, 4.69) is 15.9 Å². The van der Waals surface area contributed by atoms with Crippen LogP contribution in [0.1, 0.15) is 30.6 Å². The van der Waals surface area contributed by atoms with Crippen molar-refractivity contribution in [2.45, 2.75) is 20.3 Å². The van der Waals surface area contributed by atoms with Crippen molar-refractivity contribution >= 4 is 21.7 Å². The van der Waals surface area contributed by atoms with Gasteiger partial charge in [0.2, 0.25) is 0 Å². The maximum atomic E-state index is 13.4. The van der Waals surface area contributed by atoms with Crippen molar-refractivity contribution in [3.05, 3.63) is 34.1 Å². The Morgan fingerprint density at radius 3 is 2.69 bits per heavy atom. The third-order valence-corrected chi connectivity index (χ3v) is 2.91. The molecule has 0 radical (unpaired) electrons. The molecule has 2 nitrogen and oxygen atoms in total. The summed E-state index contributed by atoms with van der Waals surface area (Å²) in [5.74, 6) is -0.699. The second-order valence-electron chi connectivity index (χ2n) is 4.59. The van der Waals surface area contributed by atoms with Crippen LogP contribution in [0.15, 0.2) is 22.7 Å². The summed E-state index contributed by atoms with van der Waals surface area (Å²) in [6, 6.07) is 4.36. The molecule has 0 aliphatic heterocycles. The van der Waals surface area contributed by atoms with Crippen LogP contribution in [0.2, 0.25) is 0 Å². The van der Waals surface area contributed by atoms with Gasteiger partial charge >= 0.3 is 0 Å². The molecule has 16 heavy (non-hydrogen) atoms. The number of ketones is 1. The number of halogens is 2. The molecule has 4 heteroatoms. The third-order valence-electron chi connectivity index (χ3n) is 2.42. The van der Waals surface area contributed by atoms with Crippen LogP contribution in [0.5, 0.6) is 0 Å². The maximum Gasteiger partial charge on any atom is 0.166 e. The van der Waals surface area contributed by atoms with Gasteiger partial charge in [-0.25, -0.2) is 4.39 Å². The molecule has 0 atom stereocenters. The molecule has 0 aromatic heterocycles. The summed E-state index contributed by atoms with van der Waals surface area (Å²) in [5, 5.41) is 0. The lowest BCUT2D eigenvalue weighted by Crippen LogP contribution is -2.27. The molecule has 0 heterocycles. The van der Waals surface area contributed by atoms with E-state index in [0.717, 1.165) is 0 Å². The van der Waals surface area contributed by atoms with Crippen molar-refractivity contribution in [3.63, 3.8) is 0 Å². The minimum absolute atomic E-state index is 0.121. The van der Waals surface area contributed by atoms with Gasteiger partial charge in [0.1, 0.15) is 5.82 Å². The van der Waals surface area contributed by atoms with Crippen molar-refractivity contribution < 1.29 is 9.18 Å². The predicted molar refractivity (Wildman–Crippen MR) is 65.9 cm³/mol. The van der Waals surface area contributed by atoms with Crippen molar-refractivity contribution in [3.8, 4) is 0 Å². The second-order valence-corrected chi connectivity index (χ2v) is 5.51. The van der Waals surface area contributed by atoms with Crippen LogP contribution in [0, 0.1) is 11.2 Å². The van der Waals surface area contributed by atoms with E-state index >= 15 is 0 Å². The minimum Gasteiger partial charge on any atom is -0.330 e. The summed E-state index contributed by atoms with van der Waals surface area (Å²) >= 11 is 3.22. The molecule has 0 spiro atoms. The van der Waals surface area contributed by atoms with Crippen molar-refractivity contribution in [2.24, 2.45) is 11.1 Å². The molecule has 0 unspecified atom stereocenters. The first-order valence-corrected chi connectivity index (χ1v) is 5.83. The molecule has 1 aromatic carbocycles. The van der Waals surface area contributed by atoms with Crippen molar-refractivity contribution in [1.82, 2.24) is 0 Å². The number of nitrogens with two attached hydrogens (primary N) is 1. The van der Waals surface area contributed by atoms with Crippen LogP contribution in [-0.4, -0.2) is 12.3 Å². The summed E-state index contributed by atoms with van der Waals surface area (Å²) in [6.07, 6.45) is 0.247. The number of benzene rings is 1. The van der Waals surface area contributed by atoms with Gasteiger partial charge in [0, 0.05) is 10.9 Å². The average Bonchev–Trinajstić information content (AvgIpc) is 2.21. The Bertz CT molecular complexity index is 404. The highest BCUT2D eigenvalue weighted by molar-refractivity contribution is 9.10. The van der Waals surface area contributed by atoms with Gasteiger partial charge in [-0.05, 0) is 30.2 Å². The minimum atomic E-state index is -0.485. The number of hydrogen-bond donors (Lipinski definition) is 1. The molecule has 1 rings (SSSR count). The second kappa shape index (κ2) is 5.06. The van der Waals surface area contributed by atoms with Crippen LogP contribution >= 0.6 is 15.9 Å². The number of carbonyl (C=O) groups is 1. The molecule has 88 valence electrons. The van der Waals surface area contributed by atoms with Gasteiger partial charge in [0.25, 0.3) is 0 Å². The van der Waals surface area contributed by atoms with Gasteiger partial charge in [0.05, 0.1) is 5.56 Å². The van der Waals surface area contributed by atoms with E-state index in [1.165, 1.54) is 12.1 Å². The zero-order chi connectivity index (χ0) is 12.3. The fraction of sp³-hybridized carbons (Fsp3) is 0.417. The topological polar surface area (TPSA) is 43.1 Å². The molecule has 0 saturated heterocycles. The number of hydrogen-bond acceptors (Lipinski definition) is 2. The smallest absolute Gasteiger partial charge is 0.166 e. The Balaban J connectivity index is 2.93. The Hall–Kier alpha value is -0.740. The lowest BCUT2D eigenvalue weighted by molar-refractivity contribution is 0.0931. The van der Waals surface area contributed by atoms with Gasteiger partial charge in [-0.3, -0.25) is 4.79 Å². The highest BCUT2D eigenvalue weighted by atomic mass is 79.9. The SMILES string of the molecule is CC(C)(CN)CC(=O)c1cc(Br)ccc1F. The first kappa shape index (κ1) is 13.3. The molecule has 0 amide bonds. The van der Waals surface area contributed by atoms with Gasteiger partial charge in [0.15, 0.2) is 5.78 Å². The largest absolute Gasteiger partial charge is 0.330 e. The van der Waals surface area contributed by atoms with Gasteiger partial charge in [-0.15, -0.1) is 0 Å². The zero-order valence-corrected chi connectivity index (χ0v) is 11.0. The van der Waals surface area contributed by atoms with Crippen molar-refractivity contribution in [1.29, 1.82) is 0 Å². The first-order valence-electron chi connectivity index (χ1n) is 5.04. The van der Waals surface area contributed by atoms with E-state index in [4.69, 9.17) is 5.73 Å². The highest BCUT2D eigenvalue weighted by Gasteiger charge is 2.22. The summed E-state index contributed by atoms with van der Waals surface area (Å²) in [4.78, 5) is 11.9. The molecule has 0 aliphatic carbocycles. The third kappa shape index (κ3) is 3.39. The van der Waals surface area contributed by atoms with Crippen LogP contribution in [0.4, 0.5) is 4.39 Å². The molecule has 0 fully saturated rings. The van der Waals surface area contributed by atoms with Crippen molar-refractivity contribution in [2.75, 3.05) is 6.54 Å². The predicted octanol–water partition coefficient (Wildman–Crippen LogP) is 3.15. The standard InChI is InChI=1S/C12H15BrFNO/c1-12(2,7-15)6-11(16)9-5-8(13)3-4-10(9)14/h3-5H,6-7,15H2,1-2H3. The van der Waals surface area contributed by atoms with Crippen LogP contribution in [0.3, 0.4) is 0 Å². The summed E-state index contributed by atoms with van der Waals surface area (Å²) in [5.41, 5.74) is 5.37. The van der Waals surface area contributed by atoms with Crippen LogP contribution in [0.25, 0.3) is 0 Å². The summed E-state index contributed by atoms with van der Waals surface area (Å²) in [6.45, 7) is 4.18. The van der Waals surface area contributed by atoms with Gasteiger partial charge in [-0.2, -0.15) is 0 Å². The fourth-order valence-corrected chi connectivity index (χ4v) is 1.67. The molecule has 2 N–H and O–H groups in total. The Morgan fingerprint density at radius 2 is 2.12 bits per heavy atom. The number of Topliss-reactive ketones (excluding diaryl/α,β-unsaturated/α-hetero) is 1. The van der Waals surface area contributed by atoms with Crippen LogP contribution < -0.4 is 5.73 Å². The maximum absolute atomic E-state index is 13.4. The average molecular weight is 288 g/mol. The zero-order valence-electron chi connectivity index (χ0n) is 9.39. The summed E-state index contributed by atoms with van der Waals surface area (Å²) in [7, 11) is 0. The quantitative estimate of drug-likeness (QED) is 0.865. The number of rotatable bonds is 4.